The van der Waals surface area contributed by atoms with E-state index in [2.05, 4.69) is 21.8 Å². The Kier molecular flexibility index (Phi) is 6.43. The predicted molar refractivity (Wildman–Crippen MR) is 109 cm³/mol. The van der Waals surface area contributed by atoms with E-state index in [1.807, 2.05) is 55.1 Å². The van der Waals surface area contributed by atoms with Crippen molar-refractivity contribution in [2.45, 2.75) is 59.0 Å². The second kappa shape index (κ2) is 8.98. The van der Waals surface area contributed by atoms with E-state index < -0.39 is 0 Å². The number of anilines is 1. The summed E-state index contributed by atoms with van der Waals surface area (Å²) in [7, 11) is 0. The van der Waals surface area contributed by atoms with Gasteiger partial charge in [0.25, 0.3) is 5.91 Å². The molecule has 5 nitrogen and oxygen atoms in total. The van der Waals surface area contributed by atoms with Gasteiger partial charge in [-0.3, -0.25) is 4.79 Å². The van der Waals surface area contributed by atoms with Crippen LogP contribution in [-0.4, -0.2) is 39.9 Å². The van der Waals surface area contributed by atoms with Crippen LogP contribution in [0.5, 0.6) is 0 Å². The highest BCUT2D eigenvalue weighted by Gasteiger charge is 2.24. The lowest BCUT2D eigenvalue weighted by molar-refractivity contribution is 0.0746. The molecule has 2 heterocycles. The molecule has 2 aromatic rings. The van der Waals surface area contributed by atoms with E-state index in [4.69, 9.17) is 0 Å². The Morgan fingerprint density at radius 1 is 1.19 bits per heavy atom. The van der Waals surface area contributed by atoms with Crippen LogP contribution in [0.2, 0.25) is 0 Å². The lowest BCUT2D eigenvalue weighted by atomic mass is 10.00. The van der Waals surface area contributed by atoms with Gasteiger partial charge in [0.15, 0.2) is 0 Å². The summed E-state index contributed by atoms with van der Waals surface area (Å²) in [5.41, 5.74) is 1.62. The van der Waals surface area contributed by atoms with Crippen LogP contribution >= 0.6 is 0 Å². The Labute approximate surface area is 162 Å². The molecule has 5 heteroatoms. The molecule has 0 saturated carbocycles. The van der Waals surface area contributed by atoms with Crippen LogP contribution in [0.3, 0.4) is 0 Å². The number of hydrogen-bond acceptors (Lipinski definition) is 4. The standard InChI is InChI=1S/C22H30N4O/c1-4-19-13-9-10-14-26(19)21-15-20(23-17(3)24-21)22(27)25(5-2)16-18-11-7-6-8-12-18/h6-8,11-12,15,19H,4-5,9-10,13-14,16H2,1-3H3. The number of carbonyl (C=O) groups is 1. The largest absolute Gasteiger partial charge is 0.354 e. The molecule has 1 unspecified atom stereocenters. The molecule has 1 aromatic heterocycles. The highest BCUT2D eigenvalue weighted by Crippen LogP contribution is 2.26. The Hall–Kier alpha value is -2.43. The van der Waals surface area contributed by atoms with E-state index in [9.17, 15) is 4.79 Å². The maximum atomic E-state index is 13.1. The number of hydrogen-bond donors (Lipinski definition) is 0. The molecule has 0 spiro atoms. The zero-order chi connectivity index (χ0) is 19.2. The predicted octanol–water partition coefficient (Wildman–Crippen LogP) is 4.22. The lowest BCUT2D eigenvalue weighted by Crippen LogP contribution is -2.40. The SMILES string of the molecule is CCC1CCCCN1c1cc(C(=O)N(CC)Cc2ccccc2)nc(C)n1. The lowest BCUT2D eigenvalue weighted by Gasteiger charge is -2.36. The monoisotopic (exact) mass is 366 g/mol. The van der Waals surface area contributed by atoms with Gasteiger partial charge in [-0.2, -0.15) is 0 Å². The Morgan fingerprint density at radius 2 is 1.96 bits per heavy atom. The molecule has 3 rings (SSSR count). The molecule has 27 heavy (non-hydrogen) atoms. The van der Waals surface area contributed by atoms with Crippen molar-refractivity contribution in [2.75, 3.05) is 18.0 Å². The Morgan fingerprint density at radius 3 is 2.67 bits per heavy atom. The minimum absolute atomic E-state index is 0.0295. The first-order chi connectivity index (χ1) is 13.1. The molecule has 1 fully saturated rings. The van der Waals surface area contributed by atoms with Crippen molar-refractivity contribution in [3.8, 4) is 0 Å². The highest BCUT2D eigenvalue weighted by molar-refractivity contribution is 5.93. The summed E-state index contributed by atoms with van der Waals surface area (Å²) < 4.78 is 0. The highest BCUT2D eigenvalue weighted by atomic mass is 16.2. The second-order valence-corrected chi connectivity index (χ2v) is 7.21. The summed E-state index contributed by atoms with van der Waals surface area (Å²) in [6, 6.07) is 12.5. The van der Waals surface area contributed by atoms with Crippen LogP contribution in [0.1, 0.15) is 61.4 Å². The van der Waals surface area contributed by atoms with Gasteiger partial charge < -0.3 is 9.80 Å². The summed E-state index contributed by atoms with van der Waals surface area (Å²) in [6.45, 7) is 8.35. The molecule has 1 aromatic carbocycles. The van der Waals surface area contributed by atoms with E-state index in [1.54, 1.807) is 0 Å². The number of aromatic nitrogens is 2. The van der Waals surface area contributed by atoms with E-state index in [1.165, 1.54) is 19.3 Å². The summed E-state index contributed by atoms with van der Waals surface area (Å²) in [6.07, 6.45) is 4.74. The molecular formula is C22H30N4O. The maximum absolute atomic E-state index is 13.1. The zero-order valence-electron chi connectivity index (χ0n) is 16.7. The fourth-order valence-corrected chi connectivity index (χ4v) is 3.83. The average molecular weight is 367 g/mol. The molecular weight excluding hydrogens is 336 g/mol. The van der Waals surface area contributed by atoms with Crippen LogP contribution in [0.15, 0.2) is 36.4 Å². The van der Waals surface area contributed by atoms with Gasteiger partial charge in [0.1, 0.15) is 17.3 Å². The van der Waals surface area contributed by atoms with Gasteiger partial charge in [-0.1, -0.05) is 37.3 Å². The number of benzene rings is 1. The smallest absolute Gasteiger partial charge is 0.272 e. The molecule has 1 atom stereocenters. The number of aryl methyl sites for hydroxylation is 1. The van der Waals surface area contributed by atoms with E-state index in [0.29, 0.717) is 30.6 Å². The molecule has 1 amide bonds. The van der Waals surface area contributed by atoms with Crippen molar-refractivity contribution >= 4 is 11.7 Å². The number of rotatable bonds is 6. The third-order valence-electron chi connectivity index (χ3n) is 5.32. The molecule has 0 aliphatic carbocycles. The molecule has 1 aliphatic rings. The first-order valence-electron chi connectivity index (χ1n) is 10.1. The topological polar surface area (TPSA) is 49.3 Å². The summed E-state index contributed by atoms with van der Waals surface area (Å²) >= 11 is 0. The van der Waals surface area contributed by atoms with Crippen molar-refractivity contribution in [2.24, 2.45) is 0 Å². The number of piperidine rings is 1. The Bertz CT molecular complexity index is 762. The van der Waals surface area contributed by atoms with Crippen LogP contribution in [0.25, 0.3) is 0 Å². The van der Waals surface area contributed by atoms with Crippen molar-refractivity contribution < 1.29 is 4.79 Å². The van der Waals surface area contributed by atoms with Gasteiger partial charge in [0.05, 0.1) is 0 Å². The van der Waals surface area contributed by atoms with Crippen LogP contribution in [-0.2, 0) is 6.54 Å². The molecule has 0 N–H and O–H groups in total. The van der Waals surface area contributed by atoms with Crippen LogP contribution < -0.4 is 4.90 Å². The van der Waals surface area contributed by atoms with E-state index in [0.717, 1.165) is 24.3 Å². The third kappa shape index (κ3) is 4.65. The van der Waals surface area contributed by atoms with Crippen molar-refractivity contribution in [3.05, 3.63) is 53.5 Å². The average Bonchev–Trinajstić information content (AvgIpc) is 2.71. The molecule has 1 saturated heterocycles. The first-order valence-corrected chi connectivity index (χ1v) is 10.1. The van der Waals surface area contributed by atoms with Crippen LogP contribution in [0.4, 0.5) is 5.82 Å². The number of carbonyl (C=O) groups excluding carboxylic acids is 1. The van der Waals surface area contributed by atoms with E-state index in [-0.39, 0.29) is 5.91 Å². The maximum Gasteiger partial charge on any atom is 0.272 e. The first kappa shape index (κ1) is 19.3. The third-order valence-corrected chi connectivity index (χ3v) is 5.32. The van der Waals surface area contributed by atoms with Gasteiger partial charge >= 0.3 is 0 Å². The summed E-state index contributed by atoms with van der Waals surface area (Å²) in [5, 5.41) is 0. The number of amides is 1. The quantitative estimate of drug-likeness (QED) is 0.768. The zero-order valence-corrected chi connectivity index (χ0v) is 16.7. The number of nitrogens with zero attached hydrogens (tertiary/aromatic N) is 4. The fourth-order valence-electron chi connectivity index (χ4n) is 3.83. The van der Waals surface area contributed by atoms with Crippen molar-refractivity contribution in [1.29, 1.82) is 0 Å². The molecule has 0 bridgehead atoms. The summed E-state index contributed by atoms with van der Waals surface area (Å²) in [5.74, 6) is 1.53. The Balaban J connectivity index is 1.84. The van der Waals surface area contributed by atoms with Gasteiger partial charge in [0.2, 0.25) is 0 Å². The van der Waals surface area contributed by atoms with Crippen LogP contribution in [0, 0.1) is 6.92 Å². The van der Waals surface area contributed by atoms with Crippen molar-refractivity contribution in [3.63, 3.8) is 0 Å². The van der Waals surface area contributed by atoms with E-state index >= 15 is 0 Å². The fraction of sp³-hybridized carbons (Fsp3) is 0.500. The molecule has 1 aliphatic heterocycles. The normalized spacial score (nSPS) is 17.0. The minimum Gasteiger partial charge on any atom is -0.354 e. The minimum atomic E-state index is -0.0295. The summed E-state index contributed by atoms with van der Waals surface area (Å²) in [4.78, 5) is 26.5. The van der Waals surface area contributed by atoms with Crippen molar-refractivity contribution in [1.82, 2.24) is 14.9 Å². The molecule has 0 radical (unpaired) electrons. The van der Waals surface area contributed by atoms with Gasteiger partial charge in [-0.25, -0.2) is 9.97 Å². The van der Waals surface area contributed by atoms with Gasteiger partial charge in [0, 0.05) is 31.7 Å². The second-order valence-electron chi connectivity index (χ2n) is 7.21. The van der Waals surface area contributed by atoms with Gasteiger partial charge in [-0.05, 0) is 45.1 Å². The molecule has 144 valence electrons. The van der Waals surface area contributed by atoms with Gasteiger partial charge in [-0.15, -0.1) is 0 Å².